The molecule has 0 aliphatic rings. The highest BCUT2D eigenvalue weighted by Gasteiger charge is 2.12. The Labute approximate surface area is 110 Å². The van der Waals surface area contributed by atoms with E-state index >= 15 is 0 Å². The molecule has 0 aliphatic carbocycles. The third-order valence-corrected chi connectivity index (χ3v) is 2.65. The normalized spacial score (nSPS) is 12.3. The quantitative estimate of drug-likeness (QED) is 0.755. The van der Waals surface area contributed by atoms with E-state index in [-0.39, 0.29) is 5.82 Å². The van der Waals surface area contributed by atoms with E-state index in [1.165, 1.54) is 0 Å². The monoisotopic (exact) mass is 261 g/mol. The lowest BCUT2D eigenvalue weighted by molar-refractivity contribution is 0.0684. The second kappa shape index (κ2) is 5.62. The minimum atomic E-state index is -1.16. The molecule has 2 aromatic rings. The van der Waals surface area contributed by atoms with Gasteiger partial charge in [0, 0.05) is 11.9 Å². The molecular formula is C13H15N3O3. The van der Waals surface area contributed by atoms with Crippen LogP contribution in [-0.4, -0.2) is 38.8 Å². The lowest BCUT2D eigenvalue weighted by Gasteiger charge is -2.10. The number of fused-ring (bicyclic) bond motifs is 1. The Balaban J connectivity index is 2.36. The number of hydrogen-bond donors (Lipinski definition) is 3. The maximum absolute atomic E-state index is 11.0. The smallest absolute Gasteiger partial charge is 0.374 e. The molecular weight excluding hydrogens is 246 g/mol. The van der Waals surface area contributed by atoms with Gasteiger partial charge >= 0.3 is 5.97 Å². The van der Waals surface area contributed by atoms with Crippen LogP contribution < -0.4 is 5.32 Å². The van der Waals surface area contributed by atoms with Gasteiger partial charge in [-0.15, -0.1) is 0 Å². The van der Waals surface area contributed by atoms with Crippen LogP contribution in [0.1, 0.15) is 24.0 Å². The van der Waals surface area contributed by atoms with Gasteiger partial charge in [0.25, 0.3) is 0 Å². The van der Waals surface area contributed by atoms with E-state index in [0.717, 1.165) is 5.39 Å². The second-order valence-electron chi connectivity index (χ2n) is 4.28. The van der Waals surface area contributed by atoms with Gasteiger partial charge < -0.3 is 15.5 Å². The summed E-state index contributed by atoms with van der Waals surface area (Å²) in [4.78, 5) is 19.0. The third-order valence-electron chi connectivity index (χ3n) is 2.65. The first-order valence-corrected chi connectivity index (χ1v) is 6.00. The number of aliphatic hydroxyl groups is 1. The molecule has 3 N–H and O–H groups in total. The summed E-state index contributed by atoms with van der Waals surface area (Å²) >= 11 is 0. The van der Waals surface area contributed by atoms with Crippen LogP contribution in [0.2, 0.25) is 0 Å². The van der Waals surface area contributed by atoms with E-state index < -0.39 is 12.1 Å². The summed E-state index contributed by atoms with van der Waals surface area (Å²) in [6.07, 6.45) is 0.139. The zero-order valence-corrected chi connectivity index (χ0v) is 10.5. The number of aromatic carboxylic acids is 1. The highest BCUT2D eigenvalue weighted by atomic mass is 16.4. The Morgan fingerprint density at radius 1 is 1.37 bits per heavy atom. The molecule has 100 valence electrons. The number of carboxylic acids is 1. The molecule has 1 unspecified atom stereocenters. The predicted molar refractivity (Wildman–Crippen MR) is 71.3 cm³/mol. The van der Waals surface area contributed by atoms with Crippen LogP contribution in [0.4, 0.5) is 5.82 Å². The van der Waals surface area contributed by atoms with Crippen LogP contribution >= 0.6 is 0 Å². The molecule has 2 rings (SSSR count). The number of carbonyl (C=O) groups is 1. The Kier molecular flexibility index (Phi) is 3.91. The average Bonchev–Trinajstić information content (AvgIpc) is 2.38. The van der Waals surface area contributed by atoms with E-state index in [4.69, 9.17) is 5.11 Å². The largest absolute Gasteiger partial charge is 0.475 e. The van der Waals surface area contributed by atoms with Crippen LogP contribution in [0, 0.1) is 0 Å². The number of nitrogens with zero attached hydrogens (tertiary/aromatic N) is 2. The maximum atomic E-state index is 11.0. The summed E-state index contributed by atoms with van der Waals surface area (Å²) in [6.45, 7) is 2.21. The lowest BCUT2D eigenvalue weighted by atomic mass is 10.2. The van der Waals surface area contributed by atoms with Crippen LogP contribution in [0.5, 0.6) is 0 Å². The van der Waals surface area contributed by atoms with E-state index in [9.17, 15) is 9.90 Å². The lowest BCUT2D eigenvalue weighted by Crippen LogP contribution is -2.13. The number of hydrogen-bond acceptors (Lipinski definition) is 5. The van der Waals surface area contributed by atoms with Gasteiger partial charge in [0.2, 0.25) is 5.82 Å². The molecule has 0 saturated carbocycles. The molecule has 0 spiro atoms. The molecule has 0 bridgehead atoms. The first-order valence-electron chi connectivity index (χ1n) is 6.00. The molecule has 0 radical (unpaired) electrons. The van der Waals surface area contributed by atoms with Gasteiger partial charge in [-0.25, -0.2) is 14.8 Å². The van der Waals surface area contributed by atoms with Crippen molar-refractivity contribution in [2.24, 2.45) is 0 Å². The Bertz CT molecular complexity index is 599. The summed E-state index contributed by atoms with van der Waals surface area (Å²) < 4.78 is 0. The van der Waals surface area contributed by atoms with Gasteiger partial charge in [-0.1, -0.05) is 12.1 Å². The van der Waals surface area contributed by atoms with Crippen molar-refractivity contribution in [2.75, 3.05) is 11.9 Å². The van der Waals surface area contributed by atoms with Gasteiger partial charge in [-0.2, -0.15) is 0 Å². The average molecular weight is 261 g/mol. The number of aromatic nitrogens is 2. The molecule has 1 heterocycles. The fourth-order valence-electron chi connectivity index (χ4n) is 1.71. The van der Waals surface area contributed by atoms with Crippen molar-refractivity contribution in [1.29, 1.82) is 0 Å². The van der Waals surface area contributed by atoms with Crippen molar-refractivity contribution < 1.29 is 15.0 Å². The molecule has 0 aliphatic heterocycles. The standard InChI is InChI=1S/C13H15N3O3/c1-8(17)6-7-14-11-9-4-2-3-5-10(9)15-12(16-11)13(18)19/h2-5,8,17H,6-7H2,1H3,(H,18,19)(H,14,15,16). The van der Waals surface area contributed by atoms with E-state index in [1.807, 2.05) is 12.1 Å². The summed E-state index contributed by atoms with van der Waals surface area (Å²) in [5, 5.41) is 22.0. The van der Waals surface area contributed by atoms with Crippen LogP contribution in [-0.2, 0) is 0 Å². The molecule has 6 nitrogen and oxygen atoms in total. The molecule has 1 aromatic carbocycles. The number of nitrogens with one attached hydrogen (secondary N) is 1. The zero-order chi connectivity index (χ0) is 13.8. The summed E-state index contributed by atoms with van der Waals surface area (Å²) in [5.41, 5.74) is 0.578. The van der Waals surface area contributed by atoms with Crippen LogP contribution in [0.15, 0.2) is 24.3 Å². The van der Waals surface area contributed by atoms with E-state index in [2.05, 4.69) is 15.3 Å². The minimum Gasteiger partial charge on any atom is -0.475 e. The highest BCUT2D eigenvalue weighted by molar-refractivity contribution is 5.93. The topological polar surface area (TPSA) is 95.3 Å². The third kappa shape index (κ3) is 3.17. The molecule has 0 fully saturated rings. The molecule has 0 amide bonds. The van der Waals surface area contributed by atoms with Crippen molar-refractivity contribution in [3.63, 3.8) is 0 Å². The Morgan fingerprint density at radius 2 is 2.11 bits per heavy atom. The number of para-hydroxylation sites is 1. The number of anilines is 1. The second-order valence-corrected chi connectivity index (χ2v) is 4.28. The number of rotatable bonds is 5. The Morgan fingerprint density at radius 3 is 2.79 bits per heavy atom. The number of benzene rings is 1. The molecule has 6 heteroatoms. The molecule has 1 aromatic heterocycles. The molecule has 0 saturated heterocycles. The SMILES string of the molecule is CC(O)CCNc1nc(C(=O)O)nc2ccccc12. The summed E-state index contributed by atoms with van der Waals surface area (Å²) in [5.74, 6) is -0.925. The summed E-state index contributed by atoms with van der Waals surface area (Å²) in [6, 6.07) is 7.20. The van der Waals surface area contributed by atoms with Crippen molar-refractivity contribution in [1.82, 2.24) is 9.97 Å². The molecule has 1 atom stereocenters. The van der Waals surface area contributed by atoms with Gasteiger partial charge in [0.1, 0.15) is 5.82 Å². The van der Waals surface area contributed by atoms with Gasteiger partial charge in [-0.3, -0.25) is 0 Å². The van der Waals surface area contributed by atoms with Crippen molar-refractivity contribution in [3.05, 3.63) is 30.1 Å². The predicted octanol–water partition coefficient (Wildman–Crippen LogP) is 1.51. The van der Waals surface area contributed by atoms with Crippen molar-refractivity contribution in [3.8, 4) is 0 Å². The van der Waals surface area contributed by atoms with E-state index in [1.54, 1.807) is 19.1 Å². The highest BCUT2D eigenvalue weighted by Crippen LogP contribution is 2.20. The van der Waals surface area contributed by atoms with Crippen molar-refractivity contribution >= 4 is 22.7 Å². The minimum absolute atomic E-state index is 0.238. The summed E-state index contributed by atoms with van der Waals surface area (Å²) in [7, 11) is 0. The zero-order valence-electron chi connectivity index (χ0n) is 10.5. The van der Waals surface area contributed by atoms with E-state index in [0.29, 0.717) is 24.3 Å². The van der Waals surface area contributed by atoms with Crippen molar-refractivity contribution in [2.45, 2.75) is 19.4 Å². The number of carboxylic acid groups (broad SMARTS) is 1. The fourth-order valence-corrected chi connectivity index (χ4v) is 1.71. The first-order chi connectivity index (χ1) is 9.08. The maximum Gasteiger partial charge on any atom is 0.374 e. The molecule has 19 heavy (non-hydrogen) atoms. The Hall–Kier alpha value is -2.21. The first kappa shape index (κ1) is 13.2. The van der Waals surface area contributed by atoms with Gasteiger partial charge in [0.05, 0.1) is 11.6 Å². The van der Waals surface area contributed by atoms with Gasteiger partial charge in [-0.05, 0) is 25.5 Å². The fraction of sp³-hybridized carbons (Fsp3) is 0.308. The van der Waals surface area contributed by atoms with Gasteiger partial charge in [0.15, 0.2) is 0 Å². The van der Waals surface area contributed by atoms with Crippen LogP contribution in [0.3, 0.4) is 0 Å². The number of aliphatic hydroxyl groups excluding tert-OH is 1. The van der Waals surface area contributed by atoms with Crippen LogP contribution in [0.25, 0.3) is 10.9 Å².